The van der Waals surface area contributed by atoms with Crippen molar-refractivity contribution in [2.45, 2.75) is 44.7 Å². The van der Waals surface area contributed by atoms with E-state index in [4.69, 9.17) is 16.6 Å². The van der Waals surface area contributed by atoms with Gasteiger partial charge < -0.3 is 0 Å². The lowest BCUT2D eigenvalue weighted by molar-refractivity contribution is 0.292. The van der Waals surface area contributed by atoms with Gasteiger partial charge in [-0.25, -0.2) is 9.37 Å². The molecule has 2 atom stereocenters. The zero-order valence-electron chi connectivity index (χ0n) is 18.9. The summed E-state index contributed by atoms with van der Waals surface area (Å²) in [4.78, 5) is 25.1. The Morgan fingerprint density at radius 2 is 2.00 bits per heavy atom. The van der Waals surface area contributed by atoms with Crippen LogP contribution in [0.1, 0.15) is 49.9 Å². The fourth-order valence-corrected chi connectivity index (χ4v) is 4.46. The third-order valence-corrected chi connectivity index (χ3v) is 6.49. The molecular weight excluding hydrogens is 439 g/mol. The lowest BCUT2D eigenvalue weighted by Gasteiger charge is -2.26. The predicted octanol–water partition coefficient (Wildman–Crippen LogP) is 5.44. The van der Waals surface area contributed by atoms with E-state index in [1.807, 2.05) is 36.4 Å². The van der Waals surface area contributed by atoms with Crippen LogP contribution in [-0.2, 0) is 6.54 Å². The maximum atomic E-state index is 13.9. The van der Waals surface area contributed by atoms with Crippen LogP contribution in [0.25, 0.3) is 23.1 Å². The van der Waals surface area contributed by atoms with Crippen molar-refractivity contribution >= 4 is 34.7 Å². The third-order valence-electron chi connectivity index (χ3n) is 6.01. The largest absolute Gasteiger partial charge is 0.298 e. The van der Waals surface area contributed by atoms with Gasteiger partial charge in [0.1, 0.15) is 11.6 Å². The fourth-order valence-electron chi connectivity index (χ4n) is 4.14. The van der Waals surface area contributed by atoms with E-state index < -0.39 is 5.82 Å². The summed E-state index contributed by atoms with van der Waals surface area (Å²) in [5, 5.41) is -0.00230. The molecule has 0 unspecified atom stereocenters. The molecule has 0 saturated carbocycles. The van der Waals surface area contributed by atoms with Gasteiger partial charge in [0.15, 0.2) is 0 Å². The summed E-state index contributed by atoms with van der Waals surface area (Å²) < 4.78 is 15.4. The van der Waals surface area contributed by atoms with Gasteiger partial charge in [-0.05, 0) is 68.4 Å². The number of benzene rings is 1. The molecule has 3 aromatic rings. The molecule has 0 bridgehead atoms. The molecule has 33 heavy (non-hydrogen) atoms. The molecule has 1 aliphatic rings. The van der Waals surface area contributed by atoms with E-state index in [9.17, 15) is 9.18 Å². The van der Waals surface area contributed by atoms with Gasteiger partial charge in [-0.2, -0.15) is 0 Å². The number of hydrogen-bond donors (Lipinski definition) is 0. The second-order valence-corrected chi connectivity index (χ2v) is 8.73. The van der Waals surface area contributed by atoms with E-state index in [2.05, 4.69) is 23.7 Å². The van der Waals surface area contributed by atoms with Gasteiger partial charge in [0.05, 0.1) is 33.7 Å². The number of aromatic nitrogens is 3. The third kappa shape index (κ3) is 5.23. The van der Waals surface area contributed by atoms with Gasteiger partial charge in [-0.3, -0.25) is 19.2 Å². The molecule has 0 saturated heterocycles. The molecule has 0 fully saturated rings. The van der Waals surface area contributed by atoms with Crippen molar-refractivity contribution in [3.63, 3.8) is 0 Å². The first-order valence-corrected chi connectivity index (χ1v) is 11.8. The van der Waals surface area contributed by atoms with Crippen molar-refractivity contribution < 1.29 is 4.39 Å². The predicted molar refractivity (Wildman–Crippen MR) is 133 cm³/mol. The highest BCUT2D eigenvalue weighted by Gasteiger charge is 2.25. The molecule has 4 rings (SSSR count). The molecule has 2 aromatic heterocycles. The Kier molecular flexibility index (Phi) is 7.36. The van der Waals surface area contributed by atoms with E-state index in [1.54, 1.807) is 10.6 Å². The van der Waals surface area contributed by atoms with E-state index >= 15 is 0 Å². The Bertz CT molecular complexity index is 1250. The van der Waals surface area contributed by atoms with Gasteiger partial charge in [-0.1, -0.05) is 32.1 Å². The van der Waals surface area contributed by atoms with Crippen LogP contribution in [0.3, 0.4) is 0 Å². The summed E-state index contributed by atoms with van der Waals surface area (Å²) in [5.74, 6) is 0.00400. The zero-order chi connectivity index (χ0) is 23.4. The fraction of sp³-hybridized carbons (Fsp3) is 0.346. The summed E-state index contributed by atoms with van der Waals surface area (Å²) in [7, 11) is 0. The highest BCUT2D eigenvalue weighted by atomic mass is 35.5. The summed E-state index contributed by atoms with van der Waals surface area (Å²) in [6, 6.07) is 9.65. The van der Waals surface area contributed by atoms with Crippen LogP contribution in [-0.4, -0.2) is 37.9 Å². The van der Waals surface area contributed by atoms with Crippen molar-refractivity contribution in [3.05, 3.63) is 81.9 Å². The minimum atomic E-state index is -0.466. The van der Waals surface area contributed by atoms with Gasteiger partial charge in [0.25, 0.3) is 5.56 Å². The average Bonchev–Trinajstić information content (AvgIpc) is 2.83. The number of hydrogen-bond acceptors (Lipinski definition) is 4. The normalized spacial score (nSPS) is 18.6. The van der Waals surface area contributed by atoms with Crippen LogP contribution in [0.5, 0.6) is 0 Å². The van der Waals surface area contributed by atoms with Gasteiger partial charge >= 0.3 is 0 Å². The monoisotopic (exact) mass is 466 g/mol. The number of allylic oxidation sites excluding steroid dienone is 2. The van der Waals surface area contributed by atoms with Crippen LogP contribution in [0, 0.1) is 5.82 Å². The summed E-state index contributed by atoms with van der Waals surface area (Å²) in [6.07, 6.45) is 9.24. The van der Waals surface area contributed by atoms with Crippen LogP contribution < -0.4 is 5.56 Å². The van der Waals surface area contributed by atoms with Crippen molar-refractivity contribution in [1.29, 1.82) is 0 Å². The Labute approximate surface area is 198 Å². The average molecular weight is 467 g/mol. The van der Waals surface area contributed by atoms with Crippen molar-refractivity contribution in [3.8, 4) is 0 Å². The molecule has 7 heteroatoms. The van der Waals surface area contributed by atoms with E-state index in [0.717, 1.165) is 43.9 Å². The first-order valence-electron chi connectivity index (χ1n) is 11.4. The van der Waals surface area contributed by atoms with Crippen molar-refractivity contribution in [1.82, 2.24) is 19.4 Å². The molecule has 0 amide bonds. The molecule has 0 N–H and O–H groups in total. The van der Waals surface area contributed by atoms with Gasteiger partial charge in [-0.15, -0.1) is 11.6 Å². The Morgan fingerprint density at radius 1 is 1.18 bits per heavy atom. The van der Waals surface area contributed by atoms with Crippen molar-refractivity contribution in [2.75, 3.05) is 13.1 Å². The molecular formula is C26H28ClFN4O. The Morgan fingerprint density at radius 3 is 2.76 bits per heavy atom. The molecule has 1 aliphatic carbocycles. The maximum absolute atomic E-state index is 13.9. The highest BCUT2D eigenvalue weighted by molar-refractivity contribution is 6.21. The van der Waals surface area contributed by atoms with E-state index in [0.29, 0.717) is 11.3 Å². The quantitative estimate of drug-likeness (QED) is 0.343. The molecule has 1 aromatic carbocycles. The maximum Gasteiger partial charge on any atom is 0.262 e. The molecule has 5 nitrogen and oxygen atoms in total. The van der Waals surface area contributed by atoms with E-state index in [-0.39, 0.29) is 22.4 Å². The smallest absolute Gasteiger partial charge is 0.262 e. The standard InChI is InChI=1S/C26H28ClFN4O/c1-3-31(4-2)17-20-9-7-8-19(29-20)13-15-25-30-23-14-12-18(28)16-21(23)26(33)32(25)24-11-6-5-10-22(24)27/h6-9,11-16,22,24H,3-5,10,17H2,1-2H3/b15-13+/t22-,24+/m1/s1. The summed E-state index contributed by atoms with van der Waals surface area (Å²) >= 11 is 6.60. The summed E-state index contributed by atoms with van der Waals surface area (Å²) in [6.45, 7) is 6.96. The minimum absolute atomic E-state index is 0.245. The number of halogens is 2. The number of fused-ring (bicyclic) bond motifs is 1. The number of alkyl halides is 1. The molecule has 172 valence electrons. The Balaban J connectivity index is 1.77. The minimum Gasteiger partial charge on any atom is -0.298 e. The Hall–Kier alpha value is -2.83. The van der Waals surface area contributed by atoms with Crippen LogP contribution in [0.4, 0.5) is 4.39 Å². The van der Waals surface area contributed by atoms with Crippen molar-refractivity contribution in [2.24, 2.45) is 0 Å². The second-order valence-electron chi connectivity index (χ2n) is 8.17. The number of rotatable bonds is 7. The second kappa shape index (κ2) is 10.4. The first-order chi connectivity index (χ1) is 16.0. The number of nitrogens with zero attached hydrogens (tertiary/aromatic N) is 4. The first kappa shape index (κ1) is 23.3. The summed E-state index contributed by atoms with van der Waals surface area (Å²) in [5.41, 5.74) is 1.91. The highest BCUT2D eigenvalue weighted by Crippen LogP contribution is 2.28. The zero-order valence-corrected chi connectivity index (χ0v) is 19.7. The van der Waals surface area contributed by atoms with E-state index in [1.165, 1.54) is 18.2 Å². The molecule has 2 heterocycles. The van der Waals surface area contributed by atoms with Gasteiger partial charge in [0, 0.05) is 6.54 Å². The topological polar surface area (TPSA) is 51.0 Å². The molecule has 0 aliphatic heterocycles. The molecule has 0 radical (unpaired) electrons. The number of pyridine rings is 1. The SMILES string of the molecule is CCN(CC)Cc1cccc(/C=C/c2nc3ccc(F)cc3c(=O)n2[C@H]2C=CCC[C@H]2Cl)n1. The van der Waals surface area contributed by atoms with Gasteiger partial charge in [0.2, 0.25) is 0 Å². The van der Waals surface area contributed by atoms with Crippen LogP contribution >= 0.6 is 11.6 Å². The van der Waals surface area contributed by atoms with Crippen LogP contribution in [0.15, 0.2) is 53.3 Å². The lowest BCUT2D eigenvalue weighted by atomic mass is 10.0. The van der Waals surface area contributed by atoms with Crippen LogP contribution in [0.2, 0.25) is 0 Å². The lowest BCUT2D eigenvalue weighted by Crippen LogP contribution is -2.33. The molecule has 0 spiro atoms.